The molecule has 114 valence electrons. The molecule has 19 heavy (non-hydrogen) atoms. The van der Waals surface area contributed by atoms with Crippen LogP contribution < -0.4 is 5.73 Å². The zero-order valence-electron chi connectivity index (χ0n) is 13.8. The minimum absolute atomic E-state index is 0.214. The standard InChI is InChI=1S/C16H34N2S/c1-7-14(11-19-6)18(5)16(12-17)9-8-15(3,4)10-13(16)2/h13-14H,7-12,17H2,1-6H3. The minimum atomic E-state index is 0.214. The van der Waals surface area contributed by atoms with Crippen molar-refractivity contribution in [2.45, 2.75) is 65.0 Å². The Kier molecular flexibility index (Phi) is 6.22. The molecule has 1 aliphatic rings. The molecule has 1 aliphatic carbocycles. The fourth-order valence-corrected chi connectivity index (χ4v) is 4.80. The number of thioether (sulfide) groups is 1. The first-order valence-electron chi connectivity index (χ1n) is 7.75. The van der Waals surface area contributed by atoms with Crippen LogP contribution in [-0.2, 0) is 0 Å². The van der Waals surface area contributed by atoms with E-state index in [2.05, 4.69) is 45.9 Å². The van der Waals surface area contributed by atoms with Gasteiger partial charge in [-0.2, -0.15) is 11.8 Å². The highest BCUT2D eigenvalue weighted by Crippen LogP contribution is 2.46. The van der Waals surface area contributed by atoms with Crippen LogP contribution in [0.15, 0.2) is 0 Å². The van der Waals surface area contributed by atoms with Crippen molar-refractivity contribution in [3.63, 3.8) is 0 Å². The maximum atomic E-state index is 6.26. The van der Waals surface area contributed by atoms with E-state index in [0.29, 0.717) is 17.4 Å². The van der Waals surface area contributed by atoms with E-state index in [9.17, 15) is 0 Å². The van der Waals surface area contributed by atoms with Crippen LogP contribution in [0.5, 0.6) is 0 Å². The number of rotatable bonds is 6. The smallest absolute Gasteiger partial charge is 0.0357 e. The molecule has 3 heteroatoms. The van der Waals surface area contributed by atoms with Crippen LogP contribution in [0.4, 0.5) is 0 Å². The van der Waals surface area contributed by atoms with E-state index in [1.54, 1.807) is 0 Å². The SMILES string of the molecule is CCC(CSC)N(C)C1(CN)CCC(C)(C)CC1C. The molecule has 0 aromatic rings. The summed E-state index contributed by atoms with van der Waals surface area (Å²) < 4.78 is 0. The van der Waals surface area contributed by atoms with E-state index >= 15 is 0 Å². The molecule has 3 atom stereocenters. The Labute approximate surface area is 124 Å². The van der Waals surface area contributed by atoms with Crippen molar-refractivity contribution in [3.05, 3.63) is 0 Å². The Hall–Kier alpha value is 0.270. The summed E-state index contributed by atoms with van der Waals surface area (Å²) >= 11 is 1.95. The number of hydrogen-bond donors (Lipinski definition) is 1. The van der Waals surface area contributed by atoms with Gasteiger partial charge >= 0.3 is 0 Å². The third-order valence-corrected chi connectivity index (χ3v) is 6.16. The lowest BCUT2D eigenvalue weighted by Crippen LogP contribution is -2.62. The fraction of sp³-hybridized carbons (Fsp3) is 1.00. The van der Waals surface area contributed by atoms with Gasteiger partial charge in [-0.05, 0) is 50.3 Å². The summed E-state index contributed by atoms with van der Waals surface area (Å²) in [5.41, 5.74) is 6.96. The summed E-state index contributed by atoms with van der Waals surface area (Å²) in [7, 11) is 2.31. The van der Waals surface area contributed by atoms with E-state index in [-0.39, 0.29) is 5.54 Å². The van der Waals surface area contributed by atoms with E-state index in [0.717, 1.165) is 6.54 Å². The summed E-state index contributed by atoms with van der Waals surface area (Å²) in [5, 5.41) is 0. The second kappa shape index (κ2) is 6.82. The predicted molar refractivity (Wildman–Crippen MR) is 88.8 cm³/mol. The van der Waals surface area contributed by atoms with Crippen LogP contribution in [0.25, 0.3) is 0 Å². The summed E-state index contributed by atoms with van der Waals surface area (Å²) in [5.74, 6) is 1.90. The second-order valence-electron chi connectivity index (χ2n) is 7.21. The van der Waals surface area contributed by atoms with Gasteiger partial charge in [-0.1, -0.05) is 27.7 Å². The fourth-order valence-electron chi connectivity index (χ4n) is 3.95. The maximum Gasteiger partial charge on any atom is 0.0357 e. The first-order chi connectivity index (χ1) is 8.83. The number of hydrogen-bond acceptors (Lipinski definition) is 3. The second-order valence-corrected chi connectivity index (χ2v) is 8.12. The average Bonchev–Trinajstić information content (AvgIpc) is 2.35. The van der Waals surface area contributed by atoms with Crippen molar-refractivity contribution >= 4 is 11.8 Å². The first-order valence-corrected chi connectivity index (χ1v) is 9.14. The molecular weight excluding hydrogens is 252 g/mol. The lowest BCUT2D eigenvalue weighted by molar-refractivity contribution is -0.0263. The molecule has 0 amide bonds. The molecule has 2 nitrogen and oxygen atoms in total. The highest BCUT2D eigenvalue weighted by atomic mass is 32.2. The Morgan fingerprint density at radius 2 is 2.00 bits per heavy atom. The quantitative estimate of drug-likeness (QED) is 0.809. The van der Waals surface area contributed by atoms with Gasteiger partial charge in [0, 0.05) is 23.9 Å². The molecule has 0 bridgehead atoms. The molecule has 1 rings (SSSR count). The number of nitrogens with zero attached hydrogens (tertiary/aromatic N) is 1. The monoisotopic (exact) mass is 286 g/mol. The van der Waals surface area contributed by atoms with Gasteiger partial charge in [0.05, 0.1) is 0 Å². The van der Waals surface area contributed by atoms with Crippen LogP contribution in [0.3, 0.4) is 0 Å². The summed E-state index contributed by atoms with van der Waals surface area (Å²) in [6, 6.07) is 0.655. The van der Waals surface area contributed by atoms with Gasteiger partial charge in [-0.25, -0.2) is 0 Å². The number of nitrogens with two attached hydrogens (primary N) is 1. The third-order valence-electron chi connectivity index (χ3n) is 5.44. The molecule has 2 N–H and O–H groups in total. The summed E-state index contributed by atoms with van der Waals surface area (Å²) in [6.45, 7) is 10.3. The van der Waals surface area contributed by atoms with Crippen LogP contribution >= 0.6 is 11.8 Å². The van der Waals surface area contributed by atoms with Crippen molar-refractivity contribution in [2.75, 3.05) is 25.6 Å². The topological polar surface area (TPSA) is 29.3 Å². The van der Waals surface area contributed by atoms with Crippen LogP contribution in [0.1, 0.15) is 53.4 Å². The van der Waals surface area contributed by atoms with Crippen LogP contribution in [-0.4, -0.2) is 42.1 Å². The van der Waals surface area contributed by atoms with Gasteiger partial charge in [0.1, 0.15) is 0 Å². The Bertz CT molecular complexity index is 280. The Morgan fingerprint density at radius 3 is 2.42 bits per heavy atom. The number of likely N-dealkylation sites (N-methyl/N-ethyl adjacent to an activating group) is 1. The lowest BCUT2D eigenvalue weighted by Gasteiger charge is -2.54. The zero-order chi connectivity index (χ0) is 14.7. The van der Waals surface area contributed by atoms with Crippen molar-refractivity contribution in [2.24, 2.45) is 17.1 Å². The van der Waals surface area contributed by atoms with Crippen molar-refractivity contribution < 1.29 is 0 Å². The largest absolute Gasteiger partial charge is 0.329 e. The Balaban J connectivity index is 2.90. The van der Waals surface area contributed by atoms with Gasteiger partial charge in [0.15, 0.2) is 0 Å². The third kappa shape index (κ3) is 3.68. The normalized spacial score (nSPS) is 32.5. The molecule has 1 saturated carbocycles. The van der Waals surface area contributed by atoms with Gasteiger partial charge in [-0.3, -0.25) is 4.90 Å². The maximum absolute atomic E-state index is 6.26. The zero-order valence-corrected chi connectivity index (χ0v) is 14.6. The highest BCUT2D eigenvalue weighted by molar-refractivity contribution is 7.98. The van der Waals surface area contributed by atoms with Gasteiger partial charge in [0.25, 0.3) is 0 Å². The summed E-state index contributed by atoms with van der Waals surface area (Å²) in [4.78, 5) is 2.63. The molecule has 0 radical (unpaired) electrons. The molecule has 0 aromatic heterocycles. The van der Waals surface area contributed by atoms with E-state index < -0.39 is 0 Å². The van der Waals surface area contributed by atoms with E-state index in [1.165, 1.54) is 31.4 Å². The highest BCUT2D eigenvalue weighted by Gasteiger charge is 2.46. The van der Waals surface area contributed by atoms with E-state index in [1.807, 2.05) is 11.8 Å². The molecule has 3 unspecified atom stereocenters. The molecular formula is C16H34N2S. The average molecular weight is 287 g/mol. The summed E-state index contributed by atoms with van der Waals surface area (Å²) in [6.07, 6.45) is 7.27. The predicted octanol–water partition coefficient (Wildman–Crippen LogP) is 3.60. The lowest BCUT2D eigenvalue weighted by atomic mass is 9.63. The van der Waals surface area contributed by atoms with Gasteiger partial charge < -0.3 is 5.73 Å². The Morgan fingerprint density at radius 1 is 1.37 bits per heavy atom. The van der Waals surface area contributed by atoms with Gasteiger partial charge in [-0.15, -0.1) is 0 Å². The van der Waals surface area contributed by atoms with Crippen molar-refractivity contribution in [1.29, 1.82) is 0 Å². The van der Waals surface area contributed by atoms with Crippen molar-refractivity contribution in [3.8, 4) is 0 Å². The molecule has 0 aliphatic heterocycles. The molecule has 0 spiro atoms. The minimum Gasteiger partial charge on any atom is -0.329 e. The van der Waals surface area contributed by atoms with Crippen LogP contribution in [0, 0.1) is 11.3 Å². The van der Waals surface area contributed by atoms with Crippen LogP contribution in [0.2, 0.25) is 0 Å². The molecule has 0 saturated heterocycles. The van der Waals surface area contributed by atoms with Gasteiger partial charge in [0.2, 0.25) is 0 Å². The van der Waals surface area contributed by atoms with E-state index in [4.69, 9.17) is 5.73 Å². The molecule has 1 fully saturated rings. The van der Waals surface area contributed by atoms with Crippen molar-refractivity contribution in [1.82, 2.24) is 4.90 Å². The molecule has 0 heterocycles. The first kappa shape index (κ1) is 17.3. The molecule has 0 aromatic carbocycles.